The van der Waals surface area contributed by atoms with E-state index < -0.39 is 0 Å². The molecule has 1 aliphatic heterocycles. The highest BCUT2D eigenvalue weighted by atomic mass is 16.3. The Hall–Kier alpha value is -0.800. The number of aliphatic hydroxyl groups excluding tert-OH is 1. The zero-order chi connectivity index (χ0) is 17.0. The lowest BCUT2D eigenvalue weighted by Crippen LogP contribution is -2.57. The van der Waals surface area contributed by atoms with Gasteiger partial charge in [0.15, 0.2) is 12.4 Å². The lowest BCUT2D eigenvalue weighted by molar-refractivity contribution is -0.942. The third-order valence-corrected chi connectivity index (χ3v) is 5.20. The van der Waals surface area contributed by atoms with E-state index in [1.807, 2.05) is 13.1 Å². The molecule has 0 saturated carbocycles. The number of aliphatic hydroxyl groups is 1. The fourth-order valence-corrected chi connectivity index (χ4v) is 3.54. The smallest absolute Gasteiger partial charge is 0.193 e. The normalized spacial score (nSPS) is 25.1. The zero-order valence-electron chi connectivity index (χ0n) is 15.6. The summed E-state index contributed by atoms with van der Waals surface area (Å²) in [4.78, 5) is 0. The fourth-order valence-electron chi connectivity index (χ4n) is 3.54. The molecule has 0 aromatic heterocycles. The average Bonchev–Trinajstić information content (AvgIpc) is 2.97. The second-order valence-corrected chi connectivity index (χ2v) is 6.90. The Bertz CT molecular complexity index is 352. The first-order chi connectivity index (χ1) is 11.2. The fraction of sp³-hybridized carbons (Fsp3) is 0.800. The van der Waals surface area contributed by atoms with E-state index in [4.69, 9.17) is 0 Å². The van der Waals surface area contributed by atoms with E-state index in [-0.39, 0.29) is 6.23 Å². The second-order valence-electron chi connectivity index (χ2n) is 6.90. The van der Waals surface area contributed by atoms with Crippen molar-refractivity contribution in [2.75, 3.05) is 6.54 Å². The minimum atomic E-state index is -0.348. The van der Waals surface area contributed by atoms with Crippen molar-refractivity contribution in [1.82, 2.24) is 5.32 Å². The Labute approximate surface area is 144 Å². The van der Waals surface area contributed by atoms with Crippen molar-refractivity contribution in [1.29, 1.82) is 0 Å². The predicted octanol–water partition coefficient (Wildman–Crippen LogP) is 5.04. The third-order valence-electron chi connectivity index (χ3n) is 5.20. The van der Waals surface area contributed by atoms with Gasteiger partial charge in [0.25, 0.3) is 0 Å². The Kier molecular flexibility index (Phi) is 10.3. The van der Waals surface area contributed by atoms with Gasteiger partial charge >= 0.3 is 0 Å². The molecule has 1 rings (SSSR count). The Morgan fingerprint density at radius 2 is 1.70 bits per heavy atom. The average molecular weight is 324 g/mol. The van der Waals surface area contributed by atoms with Crippen LogP contribution in [0.15, 0.2) is 24.6 Å². The molecule has 0 spiro atoms. The van der Waals surface area contributed by atoms with Crippen molar-refractivity contribution in [3.05, 3.63) is 24.6 Å². The van der Waals surface area contributed by atoms with Gasteiger partial charge in [-0.3, -0.25) is 4.48 Å². The highest BCUT2D eigenvalue weighted by Gasteiger charge is 2.40. The zero-order valence-corrected chi connectivity index (χ0v) is 15.6. The van der Waals surface area contributed by atoms with Crippen molar-refractivity contribution in [2.45, 2.75) is 97.4 Å². The molecule has 1 heterocycles. The maximum atomic E-state index is 10.1. The molecule has 3 atom stereocenters. The van der Waals surface area contributed by atoms with E-state index in [9.17, 15) is 5.11 Å². The van der Waals surface area contributed by atoms with Gasteiger partial charge in [0.2, 0.25) is 0 Å². The van der Waals surface area contributed by atoms with Crippen LogP contribution in [0.4, 0.5) is 0 Å². The molecule has 134 valence electrons. The van der Waals surface area contributed by atoms with Crippen LogP contribution in [0.25, 0.3) is 0 Å². The molecule has 23 heavy (non-hydrogen) atoms. The highest BCUT2D eigenvalue weighted by Crippen LogP contribution is 2.25. The van der Waals surface area contributed by atoms with E-state index in [0.29, 0.717) is 10.6 Å². The summed E-state index contributed by atoms with van der Waals surface area (Å²) in [5.41, 5.74) is 0. The SMILES string of the molecule is CCCCCCCC/C=C/CCCC1NC=C[N+]1(CC)C(C)O. The van der Waals surface area contributed by atoms with Gasteiger partial charge in [0.05, 0.1) is 12.7 Å². The molecule has 0 amide bonds. The summed E-state index contributed by atoms with van der Waals surface area (Å²) in [5, 5.41) is 13.5. The summed E-state index contributed by atoms with van der Waals surface area (Å²) in [6, 6.07) is 0. The van der Waals surface area contributed by atoms with Crippen LogP contribution < -0.4 is 5.32 Å². The van der Waals surface area contributed by atoms with E-state index >= 15 is 0 Å². The van der Waals surface area contributed by atoms with Gasteiger partial charge in [-0.05, 0) is 32.6 Å². The molecule has 0 saturated heterocycles. The van der Waals surface area contributed by atoms with Crippen LogP contribution in [0.1, 0.15) is 85.0 Å². The molecule has 1 aliphatic rings. The summed E-state index contributed by atoms with van der Waals surface area (Å²) in [7, 11) is 0. The molecule has 0 aliphatic carbocycles. The Morgan fingerprint density at radius 1 is 1.04 bits per heavy atom. The summed E-state index contributed by atoms with van der Waals surface area (Å²) >= 11 is 0. The standard InChI is InChI=1S/C20H39N2O/c1-4-6-7-8-9-10-11-12-13-14-15-16-20-21-17-18-22(20,5-2)19(3)23/h12-13,17-21,23H,4-11,14-16H2,1-3H3/q+1/b13-12+. The Balaban J connectivity index is 2.09. The van der Waals surface area contributed by atoms with Gasteiger partial charge in [-0.15, -0.1) is 0 Å². The number of hydrogen-bond acceptors (Lipinski definition) is 2. The molecule has 0 aromatic rings. The van der Waals surface area contributed by atoms with Gasteiger partial charge in [0, 0.05) is 13.3 Å². The second kappa shape index (κ2) is 11.7. The predicted molar refractivity (Wildman–Crippen MR) is 99.5 cm³/mol. The van der Waals surface area contributed by atoms with E-state index in [2.05, 4.69) is 37.5 Å². The molecule has 3 unspecified atom stereocenters. The first kappa shape index (κ1) is 20.2. The van der Waals surface area contributed by atoms with Crippen molar-refractivity contribution in [3.8, 4) is 0 Å². The van der Waals surface area contributed by atoms with Crippen LogP contribution in [0.5, 0.6) is 0 Å². The number of rotatable bonds is 13. The number of hydrogen-bond donors (Lipinski definition) is 2. The van der Waals surface area contributed by atoms with Crippen molar-refractivity contribution < 1.29 is 9.59 Å². The molecule has 3 nitrogen and oxygen atoms in total. The quantitative estimate of drug-likeness (QED) is 0.283. The van der Waals surface area contributed by atoms with Crippen LogP contribution in [0.3, 0.4) is 0 Å². The first-order valence-corrected chi connectivity index (χ1v) is 9.81. The monoisotopic (exact) mass is 323 g/mol. The van der Waals surface area contributed by atoms with E-state index in [1.54, 1.807) is 0 Å². The topological polar surface area (TPSA) is 32.3 Å². The van der Waals surface area contributed by atoms with Gasteiger partial charge in [-0.1, -0.05) is 51.2 Å². The maximum Gasteiger partial charge on any atom is 0.193 e. The third kappa shape index (κ3) is 6.68. The van der Waals surface area contributed by atoms with Gasteiger partial charge < -0.3 is 10.4 Å². The molecule has 0 radical (unpaired) electrons. The van der Waals surface area contributed by atoms with Crippen LogP contribution >= 0.6 is 0 Å². The maximum absolute atomic E-state index is 10.1. The van der Waals surface area contributed by atoms with Gasteiger partial charge in [0.1, 0.15) is 6.20 Å². The van der Waals surface area contributed by atoms with Gasteiger partial charge in [-0.25, -0.2) is 0 Å². The minimum absolute atomic E-state index is 0.326. The highest BCUT2D eigenvalue weighted by molar-refractivity contribution is 4.86. The lowest BCUT2D eigenvalue weighted by atomic mass is 10.1. The summed E-state index contributed by atoms with van der Waals surface area (Å²) in [6.45, 7) is 7.25. The van der Waals surface area contributed by atoms with Crippen LogP contribution in [0, 0.1) is 0 Å². The number of allylic oxidation sites excluding steroid dienone is 2. The molecule has 0 fully saturated rings. The van der Waals surface area contributed by atoms with Crippen molar-refractivity contribution >= 4 is 0 Å². The molecular formula is C20H39N2O+. The first-order valence-electron chi connectivity index (χ1n) is 9.81. The number of quaternary nitrogens is 1. The number of unbranched alkanes of at least 4 members (excludes halogenated alkanes) is 7. The molecule has 3 heteroatoms. The number of nitrogens with one attached hydrogen (secondary N) is 1. The summed E-state index contributed by atoms with van der Waals surface area (Å²) in [6.07, 6.45) is 21.7. The van der Waals surface area contributed by atoms with Crippen LogP contribution in [-0.4, -0.2) is 28.5 Å². The van der Waals surface area contributed by atoms with Crippen LogP contribution in [0.2, 0.25) is 0 Å². The molecule has 0 bridgehead atoms. The largest absolute Gasteiger partial charge is 0.345 e. The summed E-state index contributed by atoms with van der Waals surface area (Å²) in [5.74, 6) is 0. The lowest BCUT2D eigenvalue weighted by Gasteiger charge is -2.39. The Morgan fingerprint density at radius 3 is 2.35 bits per heavy atom. The minimum Gasteiger partial charge on any atom is -0.345 e. The van der Waals surface area contributed by atoms with Gasteiger partial charge in [-0.2, -0.15) is 0 Å². The number of nitrogens with zero attached hydrogens (tertiary/aromatic N) is 1. The molecule has 2 N–H and O–H groups in total. The van der Waals surface area contributed by atoms with Crippen molar-refractivity contribution in [3.63, 3.8) is 0 Å². The molecular weight excluding hydrogens is 284 g/mol. The van der Waals surface area contributed by atoms with Crippen LogP contribution in [-0.2, 0) is 0 Å². The summed E-state index contributed by atoms with van der Waals surface area (Å²) < 4.78 is 0.654. The molecule has 0 aromatic carbocycles. The van der Waals surface area contributed by atoms with E-state index in [1.165, 1.54) is 51.4 Å². The van der Waals surface area contributed by atoms with E-state index in [0.717, 1.165) is 19.4 Å². The van der Waals surface area contributed by atoms with Crippen molar-refractivity contribution in [2.24, 2.45) is 0 Å².